The molecule has 1 heterocycles. The van der Waals surface area contributed by atoms with E-state index in [9.17, 15) is 10.2 Å². The molecule has 1 aliphatic rings. The number of aliphatic hydroxyl groups is 3. The van der Waals surface area contributed by atoms with Crippen LogP contribution in [0.25, 0.3) is 0 Å². The zero-order valence-corrected chi connectivity index (χ0v) is 6.14. The van der Waals surface area contributed by atoms with E-state index in [1.165, 1.54) is 0 Å². The Morgan fingerprint density at radius 3 is 2.55 bits per heavy atom. The maximum atomic E-state index is 9.23. The fraction of sp³-hybridized carbons (Fsp3) is 1.00. The highest BCUT2D eigenvalue weighted by atomic mass is 16.3. The molecule has 0 aliphatic carbocycles. The van der Waals surface area contributed by atoms with Gasteiger partial charge in [-0.25, -0.2) is 0 Å². The van der Waals surface area contributed by atoms with Crippen LogP contribution >= 0.6 is 0 Å². The second-order valence-corrected chi connectivity index (χ2v) is 2.80. The summed E-state index contributed by atoms with van der Waals surface area (Å²) in [6, 6.07) is -0.491. The molecule has 4 atom stereocenters. The van der Waals surface area contributed by atoms with Crippen molar-refractivity contribution in [3.8, 4) is 0 Å². The number of hydrogen-bond acceptors (Lipinski definition) is 5. The van der Waals surface area contributed by atoms with E-state index in [4.69, 9.17) is 10.8 Å². The monoisotopic (exact) mass is 162 g/mol. The number of nitrogens with one attached hydrogen (secondary N) is 1. The van der Waals surface area contributed by atoms with Gasteiger partial charge < -0.3 is 26.4 Å². The van der Waals surface area contributed by atoms with Crippen molar-refractivity contribution < 1.29 is 15.3 Å². The molecule has 1 aliphatic heterocycles. The smallest absolute Gasteiger partial charge is 0.0989 e. The fourth-order valence-corrected chi connectivity index (χ4v) is 1.25. The summed E-state index contributed by atoms with van der Waals surface area (Å²) >= 11 is 0. The standard InChI is InChI=1S/C6H14N2O3/c7-1-3(9)5-6(11)4(10)2-8-5/h3-6,8-11H,1-2,7H2/t3-,4-,5-,6-/m1/s1. The van der Waals surface area contributed by atoms with Crippen LogP contribution in [-0.4, -0.2) is 52.8 Å². The lowest BCUT2D eigenvalue weighted by atomic mass is 10.1. The lowest BCUT2D eigenvalue weighted by Crippen LogP contribution is -2.46. The van der Waals surface area contributed by atoms with Gasteiger partial charge in [-0.2, -0.15) is 0 Å². The van der Waals surface area contributed by atoms with Crippen LogP contribution in [0.5, 0.6) is 0 Å². The van der Waals surface area contributed by atoms with Gasteiger partial charge in [-0.1, -0.05) is 0 Å². The number of hydrogen-bond donors (Lipinski definition) is 5. The molecule has 0 radical (unpaired) electrons. The van der Waals surface area contributed by atoms with Crippen LogP contribution in [0.2, 0.25) is 0 Å². The SMILES string of the molecule is NC[C@@H](O)[C@H]1NC[C@@H](O)[C@H]1O. The maximum absolute atomic E-state index is 9.23. The highest BCUT2D eigenvalue weighted by Crippen LogP contribution is 2.10. The van der Waals surface area contributed by atoms with Gasteiger partial charge in [0.2, 0.25) is 0 Å². The number of β-amino-alcohol motifs (C(OH)–C–C–N with tert-alkyl or cyclic N) is 1. The van der Waals surface area contributed by atoms with Crippen LogP contribution in [0.15, 0.2) is 0 Å². The highest BCUT2D eigenvalue weighted by Gasteiger charge is 2.36. The zero-order valence-electron chi connectivity index (χ0n) is 6.14. The van der Waals surface area contributed by atoms with Crippen molar-refractivity contribution in [2.75, 3.05) is 13.1 Å². The Morgan fingerprint density at radius 2 is 2.18 bits per heavy atom. The predicted molar refractivity (Wildman–Crippen MR) is 38.9 cm³/mol. The molecular formula is C6H14N2O3. The summed E-state index contributed by atoms with van der Waals surface area (Å²) in [6.45, 7) is 0.393. The molecule has 0 aromatic rings. The molecule has 0 spiro atoms. The lowest BCUT2D eigenvalue weighted by molar-refractivity contribution is 0.00914. The number of rotatable bonds is 2. The minimum absolute atomic E-state index is 0.0848. The Morgan fingerprint density at radius 1 is 1.55 bits per heavy atom. The lowest BCUT2D eigenvalue weighted by Gasteiger charge is -2.20. The minimum Gasteiger partial charge on any atom is -0.390 e. The van der Waals surface area contributed by atoms with Crippen molar-refractivity contribution in [2.24, 2.45) is 5.73 Å². The second kappa shape index (κ2) is 3.46. The summed E-state index contributed by atoms with van der Waals surface area (Å²) in [6.07, 6.45) is -2.49. The Bertz CT molecular complexity index is 133. The third-order valence-corrected chi connectivity index (χ3v) is 1.98. The number of aliphatic hydroxyl groups excluding tert-OH is 3. The van der Waals surface area contributed by atoms with Crippen LogP contribution in [0.4, 0.5) is 0 Å². The molecule has 66 valence electrons. The van der Waals surface area contributed by atoms with Gasteiger partial charge in [0.05, 0.1) is 24.4 Å². The van der Waals surface area contributed by atoms with Gasteiger partial charge in [0.1, 0.15) is 0 Å². The summed E-state index contributed by atoms with van der Waals surface area (Å²) in [5.41, 5.74) is 5.18. The van der Waals surface area contributed by atoms with Gasteiger partial charge in [0, 0.05) is 13.1 Å². The summed E-state index contributed by atoms with van der Waals surface area (Å²) in [7, 11) is 0. The summed E-state index contributed by atoms with van der Waals surface area (Å²) in [5, 5.41) is 30.2. The zero-order chi connectivity index (χ0) is 8.43. The summed E-state index contributed by atoms with van der Waals surface area (Å²) in [4.78, 5) is 0. The van der Waals surface area contributed by atoms with Crippen molar-refractivity contribution in [3.63, 3.8) is 0 Å². The highest BCUT2D eigenvalue weighted by molar-refractivity contribution is 4.94. The Hall–Kier alpha value is -0.200. The second-order valence-electron chi connectivity index (χ2n) is 2.80. The molecular weight excluding hydrogens is 148 g/mol. The Kier molecular flexibility index (Phi) is 2.80. The number of nitrogens with two attached hydrogens (primary N) is 1. The van der Waals surface area contributed by atoms with Crippen LogP contribution in [0.3, 0.4) is 0 Å². The topological polar surface area (TPSA) is 98.7 Å². The van der Waals surface area contributed by atoms with Crippen molar-refractivity contribution in [2.45, 2.75) is 24.4 Å². The van der Waals surface area contributed by atoms with Gasteiger partial charge in [-0.15, -0.1) is 0 Å². The summed E-state index contributed by atoms with van der Waals surface area (Å²) < 4.78 is 0. The molecule has 5 nitrogen and oxygen atoms in total. The molecule has 0 bridgehead atoms. The molecule has 0 aromatic carbocycles. The molecule has 5 heteroatoms. The average molecular weight is 162 g/mol. The Balaban J connectivity index is 2.47. The van der Waals surface area contributed by atoms with E-state index in [2.05, 4.69) is 5.32 Å². The summed E-state index contributed by atoms with van der Waals surface area (Å²) in [5.74, 6) is 0. The normalized spacial score (nSPS) is 40.9. The van der Waals surface area contributed by atoms with Gasteiger partial charge in [0.25, 0.3) is 0 Å². The van der Waals surface area contributed by atoms with Crippen molar-refractivity contribution in [1.82, 2.24) is 5.32 Å². The van der Waals surface area contributed by atoms with Crippen molar-refractivity contribution >= 4 is 0 Å². The first-order chi connectivity index (χ1) is 5.16. The third-order valence-electron chi connectivity index (χ3n) is 1.98. The molecule has 11 heavy (non-hydrogen) atoms. The largest absolute Gasteiger partial charge is 0.390 e. The predicted octanol–water partition coefficient (Wildman–Crippen LogP) is -3.00. The van der Waals surface area contributed by atoms with E-state index in [0.29, 0.717) is 6.54 Å². The third kappa shape index (κ3) is 1.69. The fourth-order valence-electron chi connectivity index (χ4n) is 1.25. The molecule has 1 rings (SSSR count). The molecule has 0 amide bonds. The van der Waals surface area contributed by atoms with Crippen molar-refractivity contribution in [1.29, 1.82) is 0 Å². The average Bonchev–Trinajstić information content (AvgIpc) is 2.32. The van der Waals surface area contributed by atoms with E-state index in [-0.39, 0.29) is 6.54 Å². The first-order valence-electron chi connectivity index (χ1n) is 3.64. The van der Waals surface area contributed by atoms with Crippen LogP contribution < -0.4 is 11.1 Å². The molecule has 0 unspecified atom stereocenters. The van der Waals surface area contributed by atoms with E-state index in [1.807, 2.05) is 0 Å². The molecule has 6 N–H and O–H groups in total. The van der Waals surface area contributed by atoms with Gasteiger partial charge in [-0.05, 0) is 0 Å². The molecule has 1 saturated heterocycles. The first-order valence-corrected chi connectivity index (χ1v) is 3.64. The van der Waals surface area contributed by atoms with Crippen molar-refractivity contribution in [3.05, 3.63) is 0 Å². The Labute approximate surface area is 64.8 Å². The van der Waals surface area contributed by atoms with Crippen LogP contribution in [0, 0.1) is 0 Å². The molecule has 0 saturated carbocycles. The van der Waals surface area contributed by atoms with E-state index < -0.39 is 24.4 Å². The quantitative estimate of drug-likeness (QED) is 0.298. The van der Waals surface area contributed by atoms with E-state index in [0.717, 1.165) is 0 Å². The molecule has 0 aromatic heterocycles. The van der Waals surface area contributed by atoms with Crippen LogP contribution in [-0.2, 0) is 0 Å². The van der Waals surface area contributed by atoms with Gasteiger partial charge >= 0.3 is 0 Å². The van der Waals surface area contributed by atoms with Gasteiger partial charge in [0.15, 0.2) is 0 Å². The minimum atomic E-state index is -0.909. The van der Waals surface area contributed by atoms with E-state index in [1.54, 1.807) is 0 Å². The van der Waals surface area contributed by atoms with Gasteiger partial charge in [-0.3, -0.25) is 0 Å². The molecule has 1 fully saturated rings. The first kappa shape index (κ1) is 8.89. The maximum Gasteiger partial charge on any atom is 0.0989 e. The van der Waals surface area contributed by atoms with E-state index >= 15 is 0 Å². The van der Waals surface area contributed by atoms with Crippen LogP contribution in [0.1, 0.15) is 0 Å².